The summed E-state index contributed by atoms with van der Waals surface area (Å²) < 4.78 is 0. The lowest BCUT2D eigenvalue weighted by Gasteiger charge is -2.14. The first kappa shape index (κ1) is 18.9. The van der Waals surface area contributed by atoms with E-state index in [2.05, 4.69) is 10.6 Å². The van der Waals surface area contributed by atoms with Gasteiger partial charge in [0.05, 0.1) is 4.92 Å². The number of anilines is 1. The van der Waals surface area contributed by atoms with Gasteiger partial charge in [0.25, 0.3) is 5.69 Å². The molecule has 3 N–H and O–H groups in total. The van der Waals surface area contributed by atoms with Crippen LogP contribution in [-0.2, 0) is 4.79 Å². The Morgan fingerprint density at radius 2 is 2.04 bits per heavy atom. The molecule has 1 unspecified atom stereocenters. The number of benzene rings is 1. The van der Waals surface area contributed by atoms with Crippen LogP contribution in [0.3, 0.4) is 0 Å². The van der Waals surface area contributed by atoms with E-state index in [1.807, 2.05) is 6.92 Å². The Balaban J connectivity index is 2.18. The SMILES string of the molecule is CCC(CCO)CNC(=O)CCCNc1ccc([N+](=O)[O-])cc1. The summed E-state index contributed by atoms with van der Waals surface area (Å²) in [5.74, 6) is 0.328. The molecule has 0 saturated carbocycles. The summed E-state index contributed by atoms with van der Waals surface area (Å²) in [7, 11) is 0. The molecule has 1 rings (SSSR count). The van der Waals surface area contributed by atoms with Crippen LogP contribution in [0, 0.1) is 16.0 Å². The van der Waals surface area contributed by atoms with Crippen molar-refractivity contribution in [2.45, 2.75) is 32.6 Å². The third-order valence-electron chi connectivity index (χ3n) is 3.69. The third-order valence-corrected chi connectivity index (χ3v) is 3.69. The van der Waals surface area contributed by atoms with Crippen molar-refractivity contribution >= 4 is 17.3 Å². The minimum Gasteiger partial charge on any atom is -0.396 e. The molecule has 0 radical (unpaired) electrons. The number of nitrogens with zero attached hydrogens (tertiary/aromatic N) is 1. The highest BCUT2D eigenvalue weighted by atomic mass is 16.6. The van der Waals surface area contributed by atoms with Crippen LogP contribution in [0.1, 0.15) is 32.6 Å². The van der Waals surface area contributed by atoms with Gasteiger partial charge in [-0.3, -0.25) is 14.9 Å². The first-order valence-electron chi connectivity index (χ1n) is 7.92. The van der Waals surface area contributed by atoms with Crippen molar-refractivity contribution in [2.75, 3.05) is 25.0 Å². The van der Waals surface area contributed by atoms with Gasteiger partial charge >= 0.3 is 0 Å². The van der Waals surface area contributed by atoms with E-state index in [4.69, 9.17) is 5.11 Å². The van der Waals surface area contributed by atoms with Gasteiger partial charge in [-0.1, -0.05) is 13.3 Å². The summed E-state index contributed by atoms with van der Waals surface area (Å²) in [6, 6.07) is 6.19. The van der Waals surface area contributed by atoms with E-state index >= 15 is 0 Å². The van der Waals surface area contributed by atoms with Crippen LogP contribution in [0.25, 0.3) is 0 Å². The zero-order valence-electron chi connectivity index (χ0n) is 13.5. The number of rotatable bonds is 11. The van der Waals surface area contributed by atoms with Crippen molar-refractivity contribution in [1.82, 2.24) is 5.32 Å². The van der Waals surface area contributed by atoms with Crippen molar-refractivity contribution in [2.24, 2.45) is 5.92 Å². The number of nitrogens with one attached hydrogen (secondary N) is 2. The summed E-state index contributed by atoms with van der Waals surface area (Å²) in [6.45, 7) is 3.42. The van der Waals surface area contributed by atoms with Gasteiger partial charge in [0.1, 0.15) is 0 Å². The zero-order chi connectivity index (χ0) is 17.1. The molecule has 1 atom stereocenters. The van der Waals surface area contributed by atoms with E-state index in [1.165, 1.54) is 12.1 Å². The Hall–Kier alpha value is -2.15. The van der Waals surface area contributed by atoms with E-state index in [0.29, 0.717) is 38.3 Å². The first-order chi connectivity index (χ1) is 11.1. The average Bonchev–Trinajstić information content (AvgIpc) is 2.55. The Morgan fingerprint density at radius 1 is 1.35 bits per heavy atom. The molecule has 7 heteroatoms. The predicted molar refractivity (Wildman–Crippen MR) is 89.3 cm³/mol. The smallest absolute Gasteiger partial charge is 0.269 e. The maximum atomic E-state index is 11.7. The molecule has 23 heavy (non-hydrogen) atoms. The van der Waals surface area contributed by atoms with E-state index in [9.17, 15) is 14.9 Å². The van der Waals surface area contributed by atoms with Gasteiger partial charge in [-0.15, -0.1) is 0 Å². The van der Waals surface area contributed by atoms with E-state index in [0.717, 1.165) is 12.1 Å². The lowest BCUT2D eigenvalue weighted by molar-refractivity contribution is -0.384. The molecule has 0 aliphatic carbocycles. The second-order valence-corrected chi connectivity index (χ2v) is 5.42. The van der Waals surface area contributed by atoms with E-state index < -0.39 is 4.92 Å². The summed E-state index contributed by atoms with van der Waals surface area (Å²) in [5, 5.41) is 25.5. The number of non-ortho nitro benzene ring substituents is 1. The predicted octanol–water partition coefficient (Wildman–Crippen LogP) is 2.31. The zero-order valence-corrected chi connectivity index (χ0v) is 13.5. The van der Waals surface area contributed by atoms with Gasteiger partial charge in [-0.2, -0.15) is 0 Å². The van der Waals surface area contributed by atoms with Crippen LogP contribution in [0.5, 0.6) is 0 Å². The second kappa shape index (κ2) is 10.6. The highest BCUT2D eigenvalue weighted by molar-refractivity contribution is 5.75. The number of nitro groups is 1. The Morgan fingerprint density at radius 3 is 2.61 bits per heavy atom. The first-order valence-corrected chi connectivity index (χ1v) is 7.92. The average molecular weight is 323 g/mol. The largest absolute Gasteiger partial charge is 0.396 e. The molecule has 0 saturated heterocycles. The van der Waals surface area contributed by atoms with Crippen molar-refractivity contribution in [3.8, 4) is 0 Å². The van der Waals surface area contributed by atoms with Crippen LogP contribution < -0.4 is 10.6 Å². The van der Waals surface area contributed by atoms with Gasteiger partial charge < -0.3 is 15.7 Å². The minimum atomic E-state index is -0.436. The molecular formula is C16H25N3O4. The molecule has 0 aliphatic heterocycles. The molecule has 7 nitrogen and oxygen atoms in total. The van der Waals surface area contributed by atoms with Crippen LogP contribution in [0.2, 0.25) is 0 Å². The highest BCUT2D eigenvalue weighted by Crippen LogP contribution is 2.15. The summed E-state index contributed by atoms with van der Waals surface area (Å²) >= 11 is 0. The van der Waals surface area contributed by atoms with Gasteiger partial charge in [-0.05, 0) is 30.9 Å². The molecule has 0 aromatic heterocycles. The monoisotopic (exact) mass is 323 g/mol. The molecule has 0 spiro atoms. The summed E-state index contributed by atoms with van der Waals surface area (Å²) in [4.78, 5) is 21.8. The summed E-state index contributed by atoms with van der Waals surface area (Å²) in [5.41, 5.74) is 0.855. The molecular weight excluding hydrogens is 298 g/mol. The second-order valence-electron chi connectivity index (χ2n) is 5.42. The fourth-order valence-electron chi connectivity index (χ4n) is 2.16. The third kappa shape index (κ3) is 7.60. The molecule has 0 bridgehead atoms. The lowest BCUT2D eigenvalue weighted by Crippen LogP contribution is -2.29. The minimum absolute atomic E-state index is 0.00638. The molecule has 0 fully saturated rings. The standard InChI is InChI=1S/C16H25N3O4/c1-2-13(9-11-20)12-18-16(21)4-3-10-17-14-5-7-15(8-6-14)19(22)23/h5-8,13,17,20H,2-4,9-12H2,1H3,(H,18,21). The Labute approximate surface area is 136 Å². The normalized spacial score (nSPS) is 11.7. The molecule has 1 aromatic carbocycles. The highest BCUT2D eigenvalue weighted by Gasteiger charge is 2.08. The number of hydrogen-bond donors (Lipinski definition) is 3. The van der Waals surface area contributed by atoms with E-state index in [1.54, 1.807) is 12.1 Å². The number of aliphatic hydroxyl groups is 1. The molecule has 0 aliphatic rings. The van der Waals surface area contributed by atoms with Crippen LogP contribution in [0.15, 0.2) is 24.3 Å². The fourth-order valence-corrected chi connectivity index (χ4v) is 2.16. The molecule has 0 heterocycles. The van der Waals surface area contributed by atoms with Gasteiger partial charge in [0.2, 0.25) is 5.91 Å². The van der Waals surface area contributed by atoms with Crippen LogP contribution in [0.4, 0.5) is 11.4 Å². The fraction of sp³-hybridized carbons (Fsp3) is 0.562. The van der Waals surface area contributed by atoms with Gasteiger partial charge in [-0.25, -0.2) is 0 Å². The van der Waals surface area contributed by atoms with Gasteiger partial charge in [0.15, 0.2) is 0 Å². The molecule has 1 amide bonds. The van der Waals surface area contributed by atoms with Crippen LogP contribution in [-0.4, -0.2) is 35.6 Å². The Bertz CT molecular complexity index is 491. The maximum Gasteiger partial charge on any atom is 0.269 e. The van der Waals surface area contributed by atoms with Crippen molar-refractivity contribution in [3.63, 3.8) is 0 Å². The van der Waals surface area contributed by atoms with Crippen molar-refractivity contribution < 1.29 is 14.8 Å². The quantitative estimate of drug-likeness (QED) is 0.329. The molecule has 1 aromatic rings. The van der Waals surface area contributed by atoms with Gasteiger partial charge in [0, 0.05) is 43.9 Å². The maximum absolute atomic E-state index is 11.7. The van der Waals surface area contributed by atoms with E-state index in [-0.39, 0.29) is 18.2 Å². The molecule has 128 valence electrons. The number of nitro benzene ring substituents is 1. The summed E-state index contributed by atoms with van der Waals surface area (Å²) in [6.07, 6.45) is 2.75. The lowest BCUT2D eigenvalue weighted by atomic mass is 10.0. The number of carbonyl (C=O) groups is 1. The van der Waals surface area contributed by atoms with Crippen LogP contribution >= 0.6 is 0 Å². The topological polar surface area (TPSA) is 104 Å². The number of carbonyl (C=O) groups excluding carboxylic acids is 1. The number of amides is 1. The number of aliphatic hydroxyl groups excluding tert-OH is 1. The van der Waals surface area contributed by atoms with Crippen molar-refractivity contribution in [3.05, 3.63) is 34.4 Å². The Kier molecular flexibility index (Phi) is 8.67. The van der Waals surface area contributed by atoms with Crippen molar-refractivity contribution in [1.29, 1.82) is 0 Å². The number of hydrogen-bond acceptors (Lipinski definition) is 5.